The molecular weight excluding hydrogens is 394 g/mol. The van der Waals surface area contributed by atoms with Crippen molar-refractivity contribution in [1.29, 1.82) is 0 Å². The maximum atomic E-state index is 13.7. The molecule has 5 rings (SSSR count). The smallest absolute Gasteiger partial charge is 0.159 e. The number of hydrogen-bond donors (Lipinski definition) is 0. The van der Waals surface area contributed by atoms with Gasteiger partial charge in [-0.1, -0.05) is 19.1 Å². The van der Waals surface area contributed by atoms with Crippen LogP contribution in [0.2, 0.25) is 0 Å². The van der Waals surface area contributed by atoms with Crippen LogP contribution in [0.15, 0.2) is 48.7 Å². The summed E-state index contributed by atoms with van der Waals surface area (Å²) in [7, 11) is 0. The Kier molecular flexibility index (Phi) is 4.97. The van der Waals surface area contributed by atoms with Crippen molar-refractivity contribution in [1.82, 2.24) is 9.55 Å². The van der Waals surface area contributed by atoms with Gasteiger partial charge in [-0.05, 0) is 84.3 Å². The summed E-state index contributed by atoms with van der Waals surface area (Å²) in [5, 5.41) is 1.07. The highest BCUT2D eigenvalue weighted by atomic mass is 19.2. The number of halogens is 2. The van der Waals surface area contributed by atoms with Gasteiger partial charge in [0, 0.05) is 23.8 Å². The number of hydrogen-bond acceptors (Lipinski definition) is 2. The van der Waals surface area contributed by atoms with Crippen LogP contribution in [0.5, 0.6) is 5.75 Å². The maximum Gasteiger partial charge on any atom is 0.159 e. The zero-order valence-electron chi connectivity index (χ0n) is 17.7. The highest BCUT2D eigenvalue weighted by Gasteiger charge is 2.19. The van der Waals surface area contributed by atoms with Gasteiger partial charge in [0.05, 0.1) is 6.61 Å². The monoisotopic (exact) mass is 418 g/mol. The summed E-state index contributed by atoms with van der Waals surface area (Å²) in [4.78, 5) is 4.89. The van der Waals surface area contributed by atoms with Crippen molar-refractivity contribution in [2.45, 2.75) is 39.7 Å². The van der Waals surface area contributed by atoms with E-state index in [1.54, 1.807) is 6.07 Å². The minimum absolute atomic E-state index is 0.427. The molecule has 2 aromatic heterocycles. The van der Waals surface area contributed by atoms with Crippen molar-refractivity contribution in [3.8, 4) is 16.9 Å². The fraction of sp³-hybridized carbons (Fsp3) is 0.269. The number of benzene rings is 2. The Balaban J connectivity index is 1.65. The van der Waals surface area contributed by atoms with E-state index in [2.05, 4.69) is 31.2 Å². The highest BCUT2D eigenvalue weighted by Crippen LogP contribution is 2.37. The highest BCUT2D eigenvalue weighted by molar-refractivity contribution is 5.96. The van der Waals surface area contributed by atoms with E-state index in [1.165, 1.54) is 34.4 Å². The zero-order chi connectivity index (χ0) is 21.5. The quantitative estimate of drug-likeness (QED) is 0.393. The third kappa shape index (κ3) is 3.48. The van der Waals surface area contributed by atoms with Crippen molar-refractivity contribution >= 4 is 11.0 Å². The fourth-order valence-corrected chi connectivity index (χ4v) is 4.59. The van der Waals surface area contributed by atoms with E-state index in [9.17, 15) is 8.78 Å². The predicted molar refractivity (Wildman–Crippen MR) is 119 cm³/mol. The number of nitrogens with zero attached hydrogens (tertiary/aromatic N) is 2. The van der Waals surface area contributed by atoms with E-state index in [1.807, 2.05) is 17.7 Å². The molecule has 0 atom stereocenters. The fourth-order valence-electron chi connectivity index (χ4n) is 4.59. The standard InChI is InChI=1S/C26H24F2N2O/c1-3-20-16(2)29-26-21(10-11-30(26)15-17-6-8-22(27)23(28)13-17)25(20)19-7-9-24-18(14-19)5-4-12-31-24/h6-11,13-14H,3-5,12,15H2,1-2H3. The molecule has 4 aromatic rings. The van der Waals surface area contributed by atoms with Crippen LogP contribution in [0.4, 0.5) is 8.78 Å². The molecule has 3 nitrogen and oxygen atoms in total. The molecule has 5 heteroatoms. The first-order chi connectivity index (χ1) is 15.0. The Morgan fingerprint density at radius 2 is 1.94 bits per heavy atom. The molecule has 0 aliphatic carbocycles. The molecule has 2 aromatic carbocycles. The van der Waals surface area contributed by atoms with Crippen molar-refractivity contribution in [2.75, 3.05) is 6.61 Å². The van der Waals surface area contributed by atoms with Crippen molar-refractivity contribution in [3.05, 3.63) is 82.7 Å². The molecule has 0 saturated heterocycles. The van der Waals surface area contributed by atoms with Crippen LogP contribution in [-0.2, 0) is 19.4 Å². The van der Waals surface area contributed by atoms with E-state index in [0.29, 0.717) is 12.1 Å². The Bertz CT molecular complexity index is 1290. The van der Waals surface area contributed by atoms with Gasteiger partial charge in [0.15, 0.2) is 11.6 Å². The van der Waals surface area contributed by atoms with Crippen LogP contribution >= 0.6 is 0 Å². The Hall–Kier alpha value is -3.21. The van der Waals surface area contributed by atoms with Crippen LogP contribution in [0.1, 0.15) is 35.7 Å². The third-order valence-electron chi connectivity index (χ3n) is 6.10. The summed E-state index contributed by atoms with van der Waals surface area (Å²) >= 11 is 0. The van der Waals surface area contributed by atoms with Gasteiger partial charge in [-0.3, -0.25) is 0 Å². The lowest BCUT2D eigenvalue weighted by Gasteiger charge is -2.20. The minimum Gasteiger partial charge on any atom is -0.493 e. The van der Waals surface area contributed by atoms with Gasteiger partial charge in [0.1, 0.15) is 11.4 Å². The number of rotatable bonds is 4. The molecule has 0 N–H and O–H groups in total. The van der Waals surface area contributed by atoms with Crippen LogP contribution in [-0.4, -0.2) is 16.2 Å². The zero-order valence-corrected chi connectivity index (χ0v) is 17.7. The summed E-state index contributed by atoms with van der Waals surface area (Å²) < 4.78 is 34.8. The molecular formula is C26H24F2N2O. The van der Waals surface area contributed by atoms with E-state index >= 15 is 0 Å². The number of pyridine rings is 1. The summed E-state index contributed by atoms with van der Waals surface area (Å²) in [6.07, 6.45) is 4.91. The van der Waals surface area contributed by atoms with Gasteiger partial charge in [-0.15, -0.1) is 0 Å². The Morgan fingerprint density at radius 3 is 2.74 bits per heavy atom. The average molecular weight is 418 g/mol. The largest absolute Gasteiger partial charge is 0.493 e. The molecule has 1 aliphatic rings. The molecule has 0 unspecified atom stereocenters. The van der Waals surface area contributed by atoms with Crippen molar-refractivity contribution in [3.63, 3.8) is 0 Å². The Morgan fingerprint density at radius 1 is 1.06 bits per heavy atom. The molecule has 1 aliphatic heterocycles. The van der Waals surface area contributed by atoms with Crippen molar-refractivity contribution < 1.29 is 13.5 Å². The van der Waals surface area contributed by atoms with Gasteiger partial charge in [0.25, 0.3) is 0 Å². The molecule has 158 valence electrons. The molecule has 0 saturated carbocycles. The second-order valence-electron chi connectivity index (χ2n) is 8.11. The van der Waals surface area contributed by atoms with Crippen LogP contribution < -0.4 is 4.74 Å². The summed E-state index contributed by atoms with van der Waals surface area (Å²) in [5.74, 6) is -0.685. The van der Waals surface area contributed by atoms with E-state index < -0.39 is 11.6 Å². The van der Waals surface area contributed by atoms with Crippen LogP contribution in [0.3, 0.4) is 0 Å². The normalized spacial score (nSPS) is 13.3. The van der Waals surface area contributed by atoms with Crippen molar-refractivity contribution in [2.24, 2.45) is 0 Å². The molecule has 0 radical (unpaired) electrons. The van der Waals surface area contributed by atoms with Gasteiger partial charge in [0.2, 0.25) is 0 Å². The van der Waals surface area contributed by atoms with Gasteiger partial charge < -0.3 is 9.30 Å². The van der Waals surface area contributed by atoms with Crippen LogP contribution in [0, 0.1) is 18.6 Å². The number of ether oxygens (including phenoxy) is 1. The minimum atomic E-state index is -0.832. The third-order valence-corrected chi connectivity index (χ3v) is 6.10. The number of aromatic nitrogens is 2. The van der Waals surface area contributed by atoms with Gasteiger partial charge in [-0.2, -0.15) is 0 Å². The summed E-state index contributed by atoms with van der Waals surface area (Å²) in [6.45, 7) is 5.39. The second kappa shape index (κ2) is 7.80. The summed E-state index contributed by atoms with van der Waals surface area (Å²) in [5.41, 5.74) is 7.38. The molecule has 0 bridgehead atoms. The lowest BCUT2D eigenvalue weighted by atomic mass is 9.92. The number of aryl methyl sites for hydroxylation is 2. The topological polar surface area (TPSA) is 27.1 Å². The first-order valence-corrected chi connectivity index (χ1v) is 10.7. The Labute approximate surface area is 180 Å². The predicted octanol–water partition coefficient (Wildman–Crippen LogP) is 6.23. The van der Waals surface area contributed by atoms with Gasteiger partial charge in [-0.25, -0.2) is 13.8 Å². The SMILES string of the molecule is CCc1c(C)nc2c(ccn2Cc2ccc(F)c(F)c2)c1-c1ccc2c(c1)CCCO2. The molecule has 3 heterocycles. The number of fused-ring (bicyclic) bond motifs is 2. The first kappa shape index (κ1) is 19.7. The molecule has 31 heavy (non-hydrogen) atoms. The molecule has 0 amide bonds. The van der Waals surface area contributed by atoms with E-state index in [4.69, 9.17) is 9.72 Å². The maximum absolute atomic E-state index is 13.7. The lowest BCUT2D eigenvalue weighted by molar-refractivity contribution is 0.288. The molecule has 0 fully saturated rings. The summed E-state index contributed by atoms with van der Waals surface area (Å²) in [6, 6.07) is 12.6. The molecule has 0 spiro atoms. The van der Waals surface area contributed by atoms with E-state index in [0.717, 1.165) is 48.3 Å². The first-order valence-electron chi connectivity index (χ1n) is 10.7. The van der Waals surface area contributed by atoms with Crippen LogP contribution in [0.25, 0.3) is 22.2 Å². The average Bonchev–Trinajstić information content (AvgIpc) is 3.17. The van der Waals surface area contributed by atoms with E-state index in [-0.39, 0.29) is 0 Å². The van der Waals surface area contributed by atoms with Gasteiger partial charge >= 0.3 is 0 Å². The lowest BCUT2D eigenvalue weighted by Crippen LogP contribution is -2.08. The second-order valence-corrected chi connectivity index (χ2v) is 8.11.